The molecule has 106 valence electrons. The summed E-state index contributed by atoms with van der Waals surface area (Å²) in [4.78, 5) is 11.5. The number of carbonyl (C=O) groups excluding carboxylic acids is 1. The van der Waals surface area contributed by atoms with Crippen molar-refractivity contribution in [1.82, 2.24) is 10.6 Å². The smallest absolute Gasteiger partial charge is 0.221 e. The van der Waals surface area contributed by atoms with Gasteiger partial charge in [-0.1, -0.05) is 13.8 Å². The summed E-state index contributed by atoms with van der Waals surface area (Å²) in [6.45, 7) is 9.47. The van der Waals surface area contributed by atoms with Crippen molar-refractivity contribution in [2.75, 3.05) is 6.54 Å². The van der Waals surface area contributed by atoms with E-state index in [4.69, 9.17) is 0 Å². The summed E-state index contributed by atoms with van der Waals surface area (Å²) in [5, 5.41) is 6.45. The van der Waals surface area contributed by atoms with Crippen LogP contribution in [-0.2, 0) is 4.79 Å². The minimum atomic E-state index is 0.161. The second kappa shape index (κ2) is 7.78. The number of rotatable bonds is 6. The Morgan fingerprint density at radius 2 is 1.72 bits per heavy atom. The van der Waals surface area contributed by atoms with Crippen molar-refractivity contribution in [2.24, 2.45) is 11.8 Å². The predicted octanol–water partition coefficient (Wildman–Crippen LogP) is 2.71. The highest BCUT2D eigenvalue weighted by molar-refractivity contribution is 5.76. The first-order chi connectivity index (χ1) is 8.49. The van der Waals surface area contributed by atoms with Gasteiger partial charge < -0.3 is 10.6 Å². The Kier molecular flexibility index (Phi) is 6.69. The highest BCUT2D eigenvalue weighted by atomic mass is 16.1. The van der Waals surface area contributed by atoms with Gasteiger partial charge in [-0.3, -0.25) is 4.79 Å². The third-order valence-electron chi connectivity index (χ3n) is 3.95. The zero-order valence-corrected chi connectivity index (χ0v) is 12.5. The Labute approximate surface area is 112 Å². The molecule has 0 radical (unpaired) electrons. The first-order valence-electron chi connectivity index (χ1n) is 7.51. The molecule has 18 heavy (non-hydrogen) atoms. The van der Waals surface area contributed by atoms with Crippen LogP contribution in [0.3, 0.4) is 0 Å². The summed E-state index contributed by atoms with van der Waals surface area (Å²) < 4.78 is 0. The molecule has 0 unspecified atom stereocenters. The van der Waals surface area contributed by atoms with Gasteiger partial charge in [-0.2, -0.15) is 0 Å². The molecule has 1 amide bonds. The second-order valence-corrected chi connectivity index (χ2v) is 6.28. The summed E-state index contributed by atoms with van der Waals surface area (Å²) in [5.74, 6) is 1.89. The Morgan fingerprint density at radius 1 is 1.11 bits per heavy atom. The summed E-state index contributed by atoms with van der Waals surface area (Å²) in [6.07, 6.45) is 5.83. The van der Waals surface area contributed by atoms with Crippen molar-refractivity contribution in [3.63, 3.8) is 0 Å². The van der Waals surface area contributed by atoms with Gasteiger partial charge in [0.2, 0.25) is 5.91 Å². The maximum Gasteiger partial charge on any atom is 0.221 e. The molecule has 0 saturated heterocycles. The lowest BCUT2D eigenvalue weighted by Gasteiger charge is -2.31. The third kappa shape index (κ3) is 5.85. The van der Waals surface area contributed by atoms with Gasteiger partial charge in [0.05, 0.1) is 0 Å². The largest absolute Gasteiger partial charge is 0.354 e. The molecule has 3 nitrogen and oxygen atoms in total. The van der Waals surface area contributed by atoms with Gasteiger partial charge in [-0.05, 0) is 51.4 Å². The van der Waals surface area contributed by atoms with Crippen LogP contribution in [0.15, 0.2) is 0 Å². The molecule has 0 heterocycles. The molecule has 1 fully saturated rings. The predicted molar refractivity (Wildman–Crippen MR) is 76.5 cm³/mol. The zero-order valence-electron chi connectivity index (χ0n) is 12.5. The molecule has 1 aliphatic carbocycles. The number of carbonyl (C=O) groups is 1. The first kappa shape index (κ1) is 15.5. The van der Waals surface area contributed by atoms with E-state index in [1.165, 1.54) is 25.7 Å². The van der Waals surface area contributed by atoms with E-state index in [0.29, 0.717) is 12.5 Å². The summed E-state index contributed by atoms with van der Waals surface area (Å²) >= 11 is 0. The minimum absolute atomic E-state index is 0.161. The monoisotopic (exact) mass is 254 g/mol. The molecule has 0 aromatic carbocycles. The Hall–Kier alpha value is -0.570. The highest BCUT2D eigenvalue weighted by Crippen LogP contribution is 2.29. The molecule has 0 atom stereocenters. The van der Waals surface area contributed by atoms with Gasteiger partial charge in [0, 0.05) is 25.0 Å². The average Bonchev–Trinajstić information content (AvgIpc) is 2.28. The number of nitrogens with one attached hydrogen (secondary N) is 2. The molecule has 1 aliphatic rings. The van der Waals surface area contributed by atoms with Crippen LogP contribution < -0.4 is 10.6 Å². The zero-order chi connectivity index (χ0) is 13.5. The van der Waals surface area contributed by atoms with Crippen LogP contribution in [0, 0.1) is 11.8 Å². The molecular formula is C15H30N2O. The quantitative estimate of drug-likeness (QED) is 0.765. The van der Waals surface area contributed by atoms with Crippen LogP contribution in [0.4, 0.5) is 0 Å². The minimum Gasteiger partial charge on any atom is -0.354 e. The molecule has 0 aliphatic heterocycles. The van der Waals surface area contributed by atoms with Crippen molar-refractivity contribution in [3.8, 4) is 0 Å². The third-order valence-corrected chi connectivity index (χ3v) is 3.95. The van der Waals surface area contributed by atoms with Crippen molar-refractivity contribution >= 4 is 5.91 Å². The summed E-state index contributed by atoms with van der Waals surface area (Å²) in [6, 6.07) is 0.880. The van der Waals surface area contributed by atoms with Crippen LogP contribution in [0.25, 0.3) is 0 Å². The Bertz CT molecular complexity index is 243. The van der Waals surface area contributed by atoms with Gasteiger partial charge in [-0.15, -0.1) is 0 Å². The number of hydrogen-bond acceptors (Lipinski definition) is 2. The van der Waals surface area contributed by atoms with E-state index in [1.807, 2.05) is 13.8 Å². The fourth-order valence-corrected chi connectivity index (χ4v) is 2.77. The van der Waals surface area contributed by atoms with E-state index < -0.39 is 0 Å². The van der Waals surface area contributed by atoms with Crippen LogP contribution in [0.2, 0.25) is 0 Å². The molecule has 2 N–H and O–H groups in total. The molecule has 3 heteroatoms. The number of amides is 1. The molecular weight excluding hydrogens is 224 g/mol. The lowest BCUT2D eigenvalue weighted by Crippen LogP contribution is -2.37. The Morgan fingerprint density at radius 3 is 2.22 bits per heavy atom. The normalized spacial score (nSPS) is 24.6. The van der Waals surface area contributed by atoms with Crippen molar-refractivity contribution in [1.29, 1.82) is 0 Å². The molecule has 0 spiro atoms. The van der Waals surface area contributed by atoms with Crippen molar-refractivity contribution < 1.29 is 4.79 Å². The van der Waals surface area contributed by atoms with Crippen LogP contribution in [-0.4, -0.2) is 24.5 Å². The van der Waals surface area contributed by atoms with E-state index in [1.54, 1.807) is 0 Å². The maximum atomic E-state index is 11.5. The summed E-state index contributed by atoms with van der Waals surface area (Å²) in [7, 11) is 0. The van der Waals surface area contributed by atoms with Gasteiger partial charge >= 0.3 is 0 Å². The van der Waals surface area contributed by atoms with Gasteiger partial charge in [0.25, 0.3) is 0 Å². The standard InChI is InChI=1S/C15H30N2O/c1-11(2)13-5-7-14(8-6-13)16-10-9-15(18)17-12(3)4/h11-14,16H,5-10H2,1-4H3,(H,17,18). The lowest BCUT2D eigenvalue weighted by molar-refractivity contribution is -0.121. The molecule has 0 aromatic heterocycles. The van der Waals surface area contributed by atoms with Gasteiger partial charge in [0.1, 0.15) is 0 Å². The molecule has 0 aromatic rings. The number of hydrogen-bond donors (Lipinski definition) is 2. The molecule has 1 saturated carbocycles. The van der Waals surface area contributed by atoms with E-state index in [9.17, 15) is 4.79 Å². The van der Waals surface area contributed by atoms with Crippen LogP contribution >= 0.6 is 0 Å². The van der Waals surface area contributed by atoms with E-state index in [2.05, 4.69) is 24.5 Å². The highest BCUT2D eigenvalue weighted by Gasteiger charge is 2.22. The fourth-order valence-electron chi connectivity index (χ4n) is 2.77. The maximum absolute atomic E-state index is 11.5. The SMILES string of the molecule is CC(C)NC(=O)CCNC1CCC(C(C)C)CC1. The van der Waals surface area contributed by atoms with E-state index in [0.717, 1.165) is 18.4 Å². The van der Waals surface area contributed by atoms with Crippen molar-refractivity contribution in [2.45, 2.75) is 71.9 Å². The van der Waals surface area contributed by atoms with Gasteiger partial charge in [0.15, 0.2) is 0 Å². The van der Waals surface area contributed by atoms with Gasteiger partial charge in [-0.25, -0.2) is 0 Å². The average molecular weight is 254 g/mol. The second-order valence-electron chi connectivity index (χ2n) is 6.28. The van der Waals surface area contributed by atoms with Crippen LogP contribution in [0.5, 0.6) is 0 Å². The first-order valence-corrected chi connectivity index (χ1v) is 7.51. The summed E-state index contributed by atoms with van der Waals surface area (Å²) in [5.41, 5.74) is 0. The fraction of sp³-hybridized carbons (Fsp3) is 0.933. The van der Waals surface area contributed by atoms with Crippen molar-refractivity contribution in [3.05, 3.63) is 0 Å². The van der Waals surface area contributed by atoms with E-state index in [-0.39, 0.29) is 11.9 Å². The Balaban J connectivity index is 2.09. The van der Waals surface area contributed by atoms with E-state index >= 15 is 0 Å². The van der Waals surface area contributed by atoms with Crippen LogP contribution in [0.1, 0.15) is 59.8 Å². The molecule has 0 bridgehead atoms. The lowest BCUT2D eigenvalue weighted by atomic mass is 9.80. The topological polar surface area (TPSA) is 41.1 Å². The molecule has 1 rings (SSSR count).